The predicted octanol–water partition coefficient (Wildman–Crippen LogP) is 3.85. The van der Waals surface area contributed by atoms with E-state index in [1.54, 1.807) is 7.11 Å². The first kappa shape index (κ1) is 11.6. The Hall–Kier alpha value is -1.50. The predicted molar refractivity (Wildman–Crippen MR) is 67.3 cm³/mol. The summed E-state index contributed by atoms with van der Waals surface area (Å²) in [6.07, 6.45) is 4.66. The Morgan fingerprint density at radius 2 is 2.00 bits per heavy atom. The van der Waals surface area contributed by atoms with Crippen molar-refractivity contribution >= 4 is 12.2 Å². The van der Waals surface area contributed by atoms with E-state index in [1.165, 1.54) is 11.1 Å². The van der Waals surface area contributed by atoms with Gasteiger partial charge in [0, 0.05) is 11.1 Å². The zero-order chi connectivity index (χ0) is 11.4. The van der Waals surface area contributed by atoms with E-state index in [0.29, 0.717) is 0 Å². The molecule has 1 aromatic carbocycles. The summed E-state index contributed by atoms with van der Waals surface area (Å²) < 4.78 is 5.41. The van der Waals surface area contributed by atoms with E-state index in [1.807, 2.05) is 12.2 Å². The molecule has 0 radical (unpaired) electrons. The second-order valence-electron chi connectivity index (χ2n) is 3.47. The highest BCUT2D eigenvalue weighted by Gasteiger charge is 2.11. The van der Waals surface area contributed by atoms with Gasteiger partial charge in [0.25, 0.3) is 0 Å². The van der Waals surface area contributed by atoms with Gasteiger partial charge in [0.1, 0.15) is 5.75 Å². The zero-order valence-electron chi connectivity index (χ0n) is 9.76. The minimum absolute atomic E-state index is 0.877. The Labute approximate surface area is 92.1 Å². The molecule has 80 valence electrons. The minimum atomic E-state index is 0.877. The van der Waals surface area contributed by atoms with Crippen LogP contribution in [0.2, 0.25) is 0 Å². The monoisotopic (exact) mass is 202 g/mol. The lowest BCUT2D eigenvalue weighted by Gasteiger charge is -2.15. The van der Waals surface area contributed by atoms with E-state index in [2.05, 4.69) is 33.1 Å². The Morgan fingerprint density at radius 3 is 2.40 bits per heavy atom. The van der Waals surface area contributed by atoms with Gasteiger partial charge in [0.2, 0.25) is 0 Å². The molecule has 1 rings (SSSR count). The van der Waals surface area contributed by atoms with Gasteiger partial charge in [0.05, 0.1) is 7.11 Å². The average molecular weight is 202 g/mol. The van der Waals surface area contributed by atoms with Crippen LogP contribution in [0, 0.1) is 6.92 Å². The molecule has 0 fully saturated rings. The third kappa shape index (κ3) is 1.96. The van der Waals surface area contributed by atoms with Gasteiger partial charge in [-0.15, -0.1) is 0 Å². The fraction of sp³-hybridized carbons (Fsp3) is 0.286. The minimum Gasteiger partial charge on any atom is -0.495 e. The standard InChI is InChI=1S/C14H18O/c1-6-11-9-10(4)12(7-2)13(8-3)14(11)15-5/h6,8-9H,1,3,7H2,2,4-5H3. The van der Waals surface area contributed by atoms with E-state index in [-0.39, 0.29) is 0 Å². The van der Waals surface area contributed by atoms with Crippen LogP contribution in [0.4, 0.5) is 0 Å². The molecule has 0 unspecified atom stereocenters. The van der Waals surface area contributed by atoms with Gasteiger partial charge in [-0.2, -0.15) is 0 Å². The van der Waals surface area contributed by atoms with E-state index < -0.39 is 0 Å². The topological polar surface area (TPSA) is 9.23 Å². The lowest BCUT2D eigenvalue weighted by atomic mass is 9.95. The van der Waals surface area contributed by atoms with Crippen LogP contribution in [0.5, 0.6) is 5.75 Å². The summed E-state index contributed by atoms with van der Waals surface area (Å²) in [5.74, 6) is 0.877. The van der Waals surface area contributed by atoms with Crippen molar-refractivity contribution in [1.29, 1.82) is 0 Å². The highest BCUT2D eigenvalue weighted by Crippen LogP contribution is 2.31. The van der Waals surface area contributed by atoms with Gasteiger partial charge >= 0.3 is 0 Å². The first-order valence-electron chi connectivity index (χ1n) is 5.14. The Bertz CT molecular complexity index is 389. The summed E-state index contributed by atoms with van der Waals surface area (Å²) in [6, 6.07) is 2.11. The van der Waals surface area contributed by atoms with Crippen molar-refractivity contribution in [3.63, 3.8) is 0 Å². The van der Waals surface area contributed by atoms with Crippen LogP contribution in [-0.2, 0) is 6.42 Å². The van der Waals surface area contributed by atoms with Crippen molar-refractivity contribution in [1.82, 2.24) is 0 Å². The lowest BCUT2D eigenvalue weighted by molar-refractivity contribution is 0.412. The normalized spacial score (nSPS) is 9.80. The van der Waals surface area contributed by atoms with Crippen LogP contribution in [0.1, 0.15) is 29.2 Å². The van der Waals surface area contributed by atoms with E-state index >= 15 is 0 Å². The molecule has 1 heteroatoms. The summed E-state index contributed by atoms with van der Waals surface area (Å²) in [5, 5.41) is 0. The lowest BCUT2D eigenvalue weighted by Crippen LogP contribution is -1.98. The molecule has 0 atom stereocenters. The Balaban J connectivity index is 3.58. The van der Waals surface area contributed by atoms with Crippen molar-refractivity contribution in [2.45, 2.75) is 20.3 Å². The molecule has 0 aromatic heterocycles. The Kier molecular flexibility index (Phi) is 3.73. The maximum absolute atomic E-state index is 5.41. The van der Waals surface area contributed by atoms with Gasteiger partial charge in [-0.25, -0.2) is 0 Å². The molecule has 0 saturated carbocycles. The highest BCUT2D eigenvalue weighted by atomic mass is 16.5. The van der Waals surface area contributed by atoms with Crippen LogP contribution in [0.3, 0.4) is 0 Å². The fourth-order valence-electron chi connectivity index (χ4n) is 1.96. The molecule has 0 aliphatic carbocycles. The molecule has 1 aromatic rings. The molecular weight excluding hydrogens is 184 g/mol. The SMILES string of the molecule is C=Cc1cc(C)c(CC)c(C=C)c1OC. The molecule has 0 N–H and O–H groups in total. The zero-order valence-corrected chi connectivity index (χ0v) is 9.76. The molecule has 0 spiro atoms. The number of benzene rings is 1. The molecule has 0 bridgehead atoms. The van der Waals surface area contributed by atoms with Crippen molar-refractivity contribution in [2.24, 2.45) is 0 Å². The molecule has 0 heterocycles. The van der Waals surface area contributed by atoms with Gasteiger partial charge in [-0.3, -0.25) is 0 Å². The van der Waals surface area contributed by atoms with Crippen LogP contribution < -0.4 is 4.74 Å². The first-order chi connectivity index (χ1) is 7.19. The maximum atomic E-state index is 5.41. The van der Waals surface area contributed by atoms with Crippen LogP contribution >= 0.6 is 0 Å². The number of rotatable bonds is 4. The van der Waals surface area contributed by atoms with Crippen LogP contribution in [0.25, 0.3) is 12.2 Å². The largest absolute Gasteiger partial charge is 0.495 e. The van der Waals surface area contributed by atoms with Crippen LogP contribution in [0.15, 0.2) is 19.2 Å². The summed E-state index contributed by atoms with van der Waals surface area (Å²) in [5.41, 5.74) is 4.69. The van der Waals surface area contributed by atoms with Crippen molar-refractivity contribution in [2.75, 3.05) is 7.11 Å². The molecule has 1 nitrogen and oxygen atoms in total. The van der Waals surface area contributed by atoms with Gasteiger partial charge in [-0.05, 0) is 30.5 Å². The highest BCUT2D eigenvalue weighted by molar-refractivity contribution is 5.70. The smallest absolute Gasteiger partial charge is 0.133 e. The summed E-state index contributed by atoms with van der Waals surface area (Å²) >= 11 is 0. The summed E-state index contributed by atoms with van der Waals surface area (Å²) in [7, 11) is 1.68. The number of aryl methyl sites for hydroxylation is 1. The number of hydrogen-bond donors (Lipinski definition) is 0. The molecular formula is C14H18O. The van der Waals surface area contributed by atoms with Crippen molar-refractivity contribution < 1.29 is 4.74 Å². The third-order valence-corrected chi connectivity index (χ3v) is 2.66. The van der Waals surface area contributed by atoms with E-state index in [4.69, 9.17) is 4.74 Å². The number of methoxy groups -OCH3 is 1. The number of ether oxygens (including phenoxy) is 1. The Morgan fingerprint density at radius 1 is 1.33 bits per heavy atom. The molecule has 0 saturated heterocycles. The maximum Gasteiger partial charge on any atom is 0.133 e. The van der Waals surface area contributed by atoms with Gasteiger partial charge < -0.3 is 4.74 Å². The fourth-order valence-corrected chi connectivity index (χ4v) is 1.96. The summed E-state index contributed by atoms with van der Waals surface area (Å²) in [6.45, 7) is 11.9. The van der Waals surface area contributed by atoms with Crippen molar-refractivity contribution in [3.05, 3.63) is 41.5 Å². The number of hydrogen-bond acceptors (Lipinski definition) is 1. The van der Waals surface area contributed by atoms with Crippen molar-refractivity contribution in [3.8, 4) is 5.75 Å². The van der Waals surface area contributed by atoms with Gasteiger partial charge in [0.15, 0.2) is 0 Å². The van der Waals surface area contributed by atoms with E-state index in [9.17, 15) is 0 Å². The molecule has 15 heavy (non-hydrogen) atoms. The molecule has 0 aliphatic rings. The molecule has 0 aliphatic heterocycles. The quantitative estimate of drug-likeness (QED) is 0.720. The summed E-state index contributed by atoms with van der Waals surface area (Å²) in [4.78, 5) is 0. The second-order valence-corrected chi connectivity index (χ2v) is 3.47. The molecule has 0 amide bonds. The third-order valence-electron chi connectivity index (χ3n) is 2.66. The second kappa shape index (κ2) is 4.83. The van der Waals surface area contributed by atoms with E-state index in [0.717, 1.165) is 23.3 Å². The average Bonchev–Trinajstić information content (AvgIpc) is 2.27. The van der Waals surface area contributed by atoms with Crippen LogP contribution in [-0.4, -0.2) is 7.11 Å². The first-order valence-corrected chi connectivity index (χ1v) is 5.14. The van der Waals surface area contributed by atoms with Gasteiger partial charge in [-0.1, -0.05) is 32.2 Å².